The van der Waals surface area contributed by atoms with Crippen molar-refractivity contribution < 1.29 is 4.74 Å². The number of nitrogens with zero attached hydrogens (tertiary/aromatic N) is 2. The van der Waals surface area contributed by atoms with E-state index in [9.17, 15) is 0 Å². The first-order chi connectivity index (χ1) is 6.90. The van der Waals surface area contributed by atoms with Crippen LogP contribution in [-0.2, 0) is 0 Å². The maximum atomic E-state index is 4.97. The van der Waals surface area contributed by atoms with Crippen molar-refractivity contribution in [3.8, 4) is 5.88 Å². The van der Waals surface area contributed by atoms with Gasteiger partial charge in [-0.15, -0.1) is 0 Å². The second kappa shape index (κ2) is 4.37. The Bertz CT molecular complexity index is 280. The van der Waals surface area contributed by atoms with E-state index in [1.54, 1.807) is 13.3 Å². The molecule has 0 unspecified atom stereocenters. The lowest BCUT2D eigenvalue weighted by Gasteiger charge is -2.21. The monoisotopic (exact) mass is 193 g/mol. The Morgan fingerprint density at radius 3 is 2.64 bits per heavy atom. The predicted octanol–water partition coefficient (Wildman–Crippen LogP) is 0.952. The van der Waals surface area contributed by atoms with Gasteiger partial charge in [0.2, 0.25) is 5.88 Å². The number of aromatic nitrogens is 2. The van der Waals surface area contributed by atoms with Crippen LogP contribution in [-0.4, -0.2) is 30.2 Å². The van der Waals surface area contributed by atoms with Crippen LogP contribution in [0.2, 0.25) is 0 Å². The third-order valence-electron chi connectivity index (χ3n) is 2.61. The fourth-order valence-corrected chi connectivity index (χ4v) is 1.76. The molecule has 2 heterocycles. The van der Waals surface area contributed by atoms with Gasteiger partial charge in [0, 0.05) is 5.92 Å². The quantitative estimate of drug-likeness (QED) is 0.759. The molecule has 1 aliphatic heterocycles. The van der Waals surface area contributed by atoms with Crippen molar-refractivity contribution in [1.82, 2.24) is 15.3 Å². The summed E-state index contributed by atoms with van der Waals surface area (Å²) in [6.45, 7) is 2.16. The molecule has 1 aromatic rings. The molecule has 0 saturated carbocycles. The van der Waals surface area contributed by atoms with Crippen molar-refractivity contribution in [2.45, 2.75) is 18.8 Å². The van der Waals surface area contributed by atoms with Gasteiger partial charge in [0.25, 0.3) is 0 Å². The standard InChI is InChI=1S/C10H15N3O/c1-14-10-7-12-9(6-13-10)8-2-4-11-5-3-8/h6-8,11H,2-5H2,1H3. The van der Waals surface area contributed by atoms with Crippen LogP contribution in [0.5, 0.6) is 5.88 Å². The molecular formula is C10H15N3O. The Labute approximate surface area is 83.7 Å². The molecule has 0 bridgehead atoms. The van der Waals surface area contributed by atoms with Crippen LogP contribution in [0.1, 0.15) is 24.5 Å². The number of ether oxygens (including phenoxy) is 1. The van der Waals surface area contributed by atoms with E-state index in [1.807, 2.05) is 6.20 Å². The molecule has 14 heavy (non-hydrogen) atoms. The number of nitrogens with one attached hydrogen (secondary N) is 1. The van der Waals surface area contributed by atoms with Crippen molar-refractivity contribution in [3.05, 3.63) is 18.1 Å². The number of hydrogen-bond acceptors (Lipinski definition) is 4. The summed E-state index contributed by atoms with van der Waals surface area (Å²) in [7, 11) is 1.61. The van der Waals surface area contributed by atoms with E-state index in [1.165, 1.54) is 0 Å². The summed E-state index contributed by atoms with van der Waals surface area (Å²) in [6, 6.07) is 0. The van der Waals surface area contributed by atoms with Crippen molar-refractivity contribution in [2.75, 3.05) is 20.2 Å². The third kappa shape index (κ3) is 2.01. The van der Waals surface area contributed by atoms with Gasteiger partial charge in [-0.05, 0) is 25.9 Å². The van der Waals surface area contributed by atoms with E-state index in [-0.39, 0.29) is 0 Å². The zero-order valence-corrected chi connectivity index (χ0v) is 8.36. The summed E-state index contributed by atoms with van der Waals surface area (Å²) in [4.78, 5) is 8.53. The van der Waals surface area contributed by atoms with Crippen LogP contribution in [0, 0.1) is 0 Å². The Morgan fingerprint density at radius 2 is 2.07 bits per heavy atom. The van der Waals surface area contributed by atoms with Crippen molar-refractivity contribution >= 4 is 0 Å². The van der Waals surface area contributed by atoms with Gasteiger partial charge in [-0.2, -0.15) is 0 Å². The van der Waals surface area contributed by atoms with Crippen LogP contribution >= 0.6 is 0 Å². The predicted molar refractivity (Wildman–Crippen MR) is 53.4 cm³/mol. The van der Waals surface area contributed by atoms with E-state index >= 15 is 0 Å². The Hall–Kier alpha value is -1.16. The van der Waals surface area contributed by atoms with Gasteiger partial charge in [-0.1, -0.05) is 0 Å². The highest BCUT2D eigenvalue weighted by Gasteiger charge is 2.16. The van der Waals surface area contributed by atoms with Gasteiger partial charge in [0.15, 0.2) is 0 Å². The van der Waals surface area contributed by atoms with E-state index in [4.69, 9.17) is 4.74 Å². The van der Waals surface area contributed by atoms with Crippen LogP contribution < -0.4 is 10.1 Å². The summed E-state index contributed by atoms with van der Waals surface area (Å²) >= 11 is 0. The lowest BCUT2D eigenvalue weighted by molar-refractivity contribution is 0.392. The molecule has 4 nitrogen and oxygen atoms in total. The van der Waals surface area contributed by atoms with Crippen molar-refractivity contribution in [3.63, 3.8) is 0 Å². The Kier molecular flexibility index (Phi) is 2.93. The molecule has 0 atom stereocenters. The summed E-state index contributed by atoms with van der Waals surface area (Å²) in [5.41, 5.74) is 1.09. The molecular weight excluding hydrogens is 178 g/mol. The molecule has 76 valence electrons. The Morgan fingerprint density at radius 1 is 1.29 bits per heavy atom. The first-order valence-electron chi connectivity index (χ1n) is 4.97. The zero-order valence-electron chi connectivity index (χ0n) is 8.36. The highest BCUT2D eigenvalue weighted by molar-refractivity contribution is 5.11. The van der Waals surface area contributed by atoms with Gasteiger partial charge < -0.3 is 10.1 Å². The molecule has 1 N–H and O–H groups in total. The van der Waals surface area contributed by atoms with Crippen LogP contribution in [0.3, 0.4) is 0 Å². The highest BCUT2D eigenvalue weighted by atomic mass is 16.5. The molecule has 4 heteroatoms. The largest absolute Gasteiger partial charge is 0.480 e. The first kappa shape index (κ1) is 9.40. The first-order valence-corrected chi connectivity index (χ1v) is 4.97. The normalized spacial score (nSPS) is 18.1. The number of methoxy groups -OCH3 is 1. The summed E-state index contributed by atoms with van der Waals surface area (Å²) in [5, 5.41) is 3.33. The number of hydrogen-bond donors (Lipinski definition) is 1. The van der Waals surface area contributed by atoms with Crippen molar-refractivity contribution in [1.29, 1.82) is 0 Å². The zero-order chi connectivity index (χ0) is 9.80. The van der Waals surface area contributed by atoms with Gasteiger partial charge in [-0.25, -0.2) is 4.98 Å². The SMILES string of the molecule is COc1cnc(C2CCNCC2)cn1. The molecule has 0 radical (unpaired) electrons. The molecule has 1 aromatic heterocycles. The molecule has 0 spiro atoms. The summed E-state index contributed by atoms with van der Waals surface area (Å²) in [5.74, 6) is 1.15. The van der Waals surface area contributed by atoms with E-state index < -0.39 is 0 Å². The topological polar surface area (TPSA) is 47.0 Å². The number of piperidine rings is 1. The van der Waals surface area contributed by atoms with E-state index in [2.05, 4.69) is 15.3 Å². The van der Waals surface area contributed by atoms with E-state index in [0.29, 0.717) is 11.8 Å². The molecule has 0 amide bonds. The van der Waals surface area contributed by atoms with Crippen LogP contribution in [0.15, 0.2) is 12.4 Å². The smallest absolute Gasteiger partial charge is 0.231 e. The molecule has 2 rings (SSSR count). The minimum absolute atomic E-state index is 0.564. The molecule has 1 aliphatic rings. The van der Waals surface area contributed by atoms with Crippen LogP contribution in [0.4, 0.5) is 0 Å². The minimum atomic E-state index is 0.564. The minimum Gasteiger partial charge on any atom is -0.480 e. The highest BCUT2D eigenvalue weighted by Crippen LogP contribution is 2.23. The maximum Gasteiger partial charge on any atom is 0.231 e. The lowest BCUT2D eigenvalue weighted by atomic mass is 9.95. The fraction of sp³-hybridized carbons (Fsp3) is 0.600. The number of rotatable bonds is 2. The van der Waals surface area contributed by atoms with Crippen molar-refractivity contribution in [2.24, 2.45) is 0 Å². The average Bonchev–Trinajstić information content (AvgIpc) is 2.30. The molecule has 1 saturated heterocycles. The van der Waals surface area contributed by atoms with E-state index in [0.717, 1.165) is 31.6 Å². The van der Waals surface area contributed by atoms with Gasteiger partial charge in [0.05, 0.1) is 25.2 Å². The maximum absolute atomic E-state index is 4.97. The Balaban J connectivity index is 2.07. The molecule has 0 aliphatic carbocycles. The van der Waals surface area contributed by atoms with Gasteiger partial charge in [-0.3, -0.25) is 4.98 Å². The average molecular weight is 193 g/mol. The van der Waals surface area contributed by atoms with Gasteiger partial charge in [0.1, 0.15) is 0 Å². The second-order valence-electron chi connectivity index (χ2n) is 3.51. The molecule has 0 aromatic carbocycles. The fourth-order valence-electron chi connectivity index (χ4n) is 1.76. The summed E-state index contributed by atoms with van der Waals surface area (Å²) in [6.07, 6.45) is 5.83. The summed E-state index contributed by atoms with van der Waals surface area (Å²) < 4.78 is 4.97. The third-order valence-corrected chi connectivity index (χ3v) is 2.61. The van der Waals surface area contributed by atoms with Gasteiger partial charge >= 0.3 is 0 Å². The second-order valence-corrected chi connectivity index (χ2v) is 3.51. The van der Waals surface area contributed by atoms with Crippen LogP contribution in [0.25, 0.3) is 0 Å². The lowest BCUT2D eigenvalue weighted by Crippen LogP contribution is -2.27. The molecule has 1 fully saturated rings.